The second-order valence-electron chi connectivity index (χ2n) is 5.47. The van der Waals surface area contributed by atoms with E-state index in [0.717, 1.165) is 32.2 Å². The van der Waals surface area contributed by atoms with Crippen LogP contribution in [0.4, 0.5) is 0 Å². The molecule has 4 N–H and O–H groups in total. The molecule has 0 unspecified atom stereocenters. The van der Waals surface area contributed by atoms with Gasteiger partial charge in [-0.25, -0.2) is 0 Å². The van der Waals surface area contributed by atoms with E-state index in [1.807, 2.05) is 0 Å². The van der Waals surface area contributed by atoms with Gasteiger partial charge in [-0.1, -0.05) is 0 Å². The van der Waals surface area contributed by atoms with Crippen molar-refractivity contribution >= 4 is 0 Å². The molecule has 0 aromatic rings. The Hall–Kier alpha value is -0.160. The summed E-state index contributed by atoms with van der Waals surface area (Å²) in [5.41, 5.74) is 5.89. The van der Waals surface area contributed by atoms with Crippen LogP contribution in [0.1, 0.15) is 32.1 Å². The fourth-order valence-electron chi connectivity index (χ4n) is 2.27. The lowest BCUT2D eigenvalue weighted by Gasteiger charge is -2.26. The molecule has 0 atom stereocenters. The van der Waals surface area contributed by atoms with Crippen LogP contribution >= 0.6 is 0 Å². The van der Waals surface area contributed by atoms with Crippen molar-refractivity contribution in [3.8, 4) is 0 Å². The Morgan fingerprint density at radius 1 is 1.06 bits per heavy atom. The molecule has 0 bridgehead atoms. The molecule has 0 aromatic carbocycles. The minimum absolute atomic E-state index is 0.459. The van der Waals surface area contributed by atoms with Crippen molar-refractivity contribution in [1.82, 2.24) is 15.5 Å². The number of hydrogen-bond donors (Lipinski definition) is 3. The van der Waals surface area contributed by atoms with Gasteiger partial charge in [0.05, 0.1) is 0 Å². The molecule has 1 aliphatic carbocycles. The van der Waals surface area contributed by atoms with Gasteiger partial charge in [-0.05, 0) is 59.3 Å². The Kier molecular flexibility index (Phi) is 7.77. The van der Waals surface area contributed by atoms with Gasteiger partial charge in [0.15, 0.2) is 0 Å². The predicted octanol–water partition coefficient (Wildman–Crippen LogP) is 0.387. The molecule has 1 aliphatic rings. The maximum atomic E-state index is 5.89. The van der Waals surface area contributed by atoms with E-state index in [-0.39, 0.29) is 0 Å². The van der Waals surface area contributed by atoms with Crippen molar-refractivity contribution in [3.63, 3.8) is 0 Å². The first kappa shape index (κ1) is 14.9. The van der Waals surface area contributed by atoms with Crippen LogP contribution in [-0.4, -0.2) is 57.3 Å². The number of nitrogens with one attached hydrogen (secondary N) is 2. The fraction of sp³-hybridized carbons (Fsp3) is 1.00. The van der Waals surface area contributed by atoms with E-state index in [9.17, 15) is 0 Å². The van der Waals surface area contributed by atoms with Crippen molar-refractivity contribution < 1.29 is 0 Å². The Labute approximate surface area is 106 Å². The molecular formula is C13H30N4. The summed E-state index contributed by atoms with van der Waals surface area (Å²) in [5, 5.41) is 7.10. The number of rotatable bonds is 8. The predicted molar refractivity (Wildman–Crippen MR) is 74.3 cm³/mol. The highest BCUT2D eigenvalue weighted by molar-refractivity contribution is 4.78. The molecule has 0 saturated heterocycles. The molecule has 1 fully saturated rings. The van der Waals surface area contributed by atoms with Crippen molar-refractivity contribution in [2.24, 2.45) is 5.73 Å². The highest BCUT2D eigenvalue weighted by Gasteiger charge is 2.17. The molecule has 4 nitrogen and oxygen atoms in total. The third-order valence-electron chi connectivity index (χ3n) is 3.47. The average molecular weight is 242 g/mol. The Bertz CT molecular complexity index is 176. The van der Waals surface area contributed by atoms with E-state index in [1.54, 1.807) is 0 Å². The average Bonchev–Trinajstić information content (AvgIpc) is 2.30. The Morgan fingerprint density at radius 3 is 2.41 bits per heavy atom. The molecule has 0 amide bonds. The monoisotopic (exact) mass is 242 g/mol. The molecule has 102 valence electrons. The van der Waals surface area contributed by atoms with Crippen molar-refractivity contribution in [2.75, 3.05) is 40.3 Å². The van der Waals surface area contributed by atoms with Crippen molar-refractivity contribution in [1.29, 1.82) is 0 Å². The molecule has 0 aromatic heterocycles. The zero-order chi connectivity index (χ0) is 12.5. The van der Waals surface area contributed by atoms with Gasteiger partial charge in [0.2, 0.25) is 0 Å². The summed E-state index contributed by atoms with van der Waals surface area (Å²) in [5.74, 6) is 0. The van der Waals surface area contributed by atoms with Crippen LogP contribution in [0, 0.1) is 0 Å². The lowest BCUT2D eigenvalue weighted by atomic mass is 9.92. The van der Waals surface area contributed by atoms with Gasteiger partial charge in [-0.15, -0.1) is 0 Å². The van der Waals surface area contributed by atoms with Gasteiger partial charge in [0.1, 0.15) is 0 Å². The normalized spacial score (nSPS) is 25.4. The third-order valence-corrected chi connectivity index (χ3v) is 3.47. The summed E-state index contributed by atoms with van der Waals surface area (Å²) in [7, 11) is 4.22. The quantitative estimate of drug-likeness (QED) is 0.539. The summed E-state index contributed by atoms with van der Waals surface area (Å²) >= 11 is 0. The van der Waals surface area contributed by atoms with E-state index in [2.05, 4.69) is 29.6 Å². The lowest BCUT2D eigenvalue weighted by Crippen LogP contribution is -2.38. The van der Waals surface area contributed by atoms with Crippen LogP contribution in [0.25, 0.3) is 0 Å². The smallest absolute Gasteiger partial charge is 0.0101 e. The standard InChI is InChI=1S/C13H30N4/c1-17(2)11-10-15-8-3-9-16-13-6-4-12(14)5-7-13/h12-13,15-16H,3-11,14H2,1-2H3. The maximum Gasteiger partial charge on any atom is 0.0101 e. The van der Waals surface area contributed by atoms with E-state index in [0.29, 0.717) is 6.04 Å². The minimum Gasteiger partial charge on any atom is -0.328 e. The number of nitrogens with two attached hydrogens (primary N) is 1. The van der Waals surface area contributed by atoms with Crippen LogP contribution in [0.2, 0.25) is 0 Å². The van der Waals surface area contributed by atoms with Gasteiger partial charge in [-0.3, -0.25) is 0 Å². The van der Waals surface area contributed by atoms with E-state index < -0.39 is 0 Å². The fourth-order valence-corrected chi connectivity index (χ4v) is 2.27. The first-order valence-electron chi connectivity index (χ1n) is 7.03. The molecule has 0 aliphatic heterocycles. The highest BCUT2D eigenvalue weighted by Crippen LogP contribution is 2.16. The van der Waals surface area contributed by atoms with Gasteiger partial charge >= 0.3 is 0 Å². The van der Waals surface area contributed by atoms with Crippen LogP contribution in [0.5, 0.6) is 0 Å². The minimum atomic E-state index is 0.459. The van der Waals surface area contributed by atoms with Gasteiger partial charge in [0.25, 0.3) is 0 Å². The number of likely N-dealkylation sites (N-methyl/N-ethyl adjacent to an activating group) is 1. The zero-order valence-corrected chi connectivity index (χ0v) is 11.5. The van der Waals surface area contributed by atoms with Crippen LogP contribution in [0.15, 0.2) is 0 Å². The summed E-state index contributed by atoms with van der Waals surface area (Å²) in [6.07, 6.45) is 6.12. The van der Waals surface area contributed by atoms with E-state index in [1.165, 1.54) is 32.1 Å². The lowest BCUT2D eigenvalue weighted by molar-refractivity contribution is 0.340. The number of hydrogen-bond acceptors (Lipinski definition) is 4. The number of nitrogens with zero attached hydrogens (tertiary/aromatic N) is 1. The zero-order valence-electron chi connectivity index (χ0n) is 11.5. The molecule has 1 saturated carbocycles. The van der Waals surface area contributed by atoms with Crippen molar-refractivity contribution in [3.05, 3.63) is 0 Å². The van der Waals surface area contributed by atoms with Crippen LogP contribution in [0.3, 0.4) is 0 Å². The maximum absolute atomic E-state index is 5.89. The van der Waals surface area contributed by atoms with Gasteiger partial charge in [0, 0.05) is 25.2 Å². The molecule has 0 heterocycles. The topological polar surface area (TPSA) is 53.3 Å². The molecule has 0 radical (unpaired) electrons. The van der Waals surface area contributed by atoms with Gasteiger partial charge < -0.3 is 21.3 Å². The van der Waals surface area contributed by atoms with Crippen molar-refractivity contribution in [2.45, 2.75) is 44.2 Å². The Balaban J connectivity index is 1.84. The molecule has 17 heavy (non-hydrogen) atoms. The second-order valence-corrected chi connectivity index (χ2v) is 5.47. The second kappa shape index (κ2) is 8.86. The molecular weight excluding hydrogens is 212 g/mol. The highest BCUT2D eigenvalue weighted by atomic mass is 15.1. The summed E-state index contributed by atoms with van der Waals surface area (Å²) in [6, 6.07) is 1.18. The molecule has 1 rings (SSSR count). The first-order chi connectivity index (χ1) is 8.18. The first-order valence-corrected chi connectivity index (χ1v) is 7.03. The summed E-state index contributed by atoms with van der Waals surface area (Å²) in [6.45, 7) is 4.46. The van der Waals surface area contributed by atoms with Crippen LogP contribution in [-0.2, 0) is 0 Å². The van der Waals surface area contributed by atoms with Gasteiger partial charge in [-0.2, -0.15) is 0 Å². The largest absolute Gasteiger partial charge is 0.328 e. The van der Waals surface area contributed by atoms with E-state index in [4.69, 9.17) is 5.73 Å². The SMILES string of the molecule is CN(C)CCNCCCNC1CCC(N)CC1. The van der Waals surface area contributed by atoms with E-state index >= 15 is 0 Å². The summed E-state index contributed by atoms with van der Waals surface area (Å²) < 4.78 is 0. The molecule has 4 heteroatoms. The summed E-state index contributed by atoms with van der Waals surface area (Å²) in [4.78, 5) is 2.20. The third kappa shape index (κ3) is 7.71. The Morgan fingerprint density at radius 2 is 1.76 bits per heavy atom. The molecule has 0 spiro atoms. The van der Waals surface area contributed by atoms with Crippen LogP contribution < -0.4 is 16.4 Å².